The van der Waals surface area contributed by atoms with Gasteiger partial charge in [0, 0.05) is 0 Å². The summed E-state index contributed by atoms with van der Waals surface area (Å²) < 4.78 is 146. The molecular formula is C24H21F6O7S2-. The van der Waals surface area contributed by atoms with Crippen molar-refractivity contribution < 1.29 is 56.7 Å². The molecular weight excluding hydrogens is 578 g/mol. The first kappa shape index (κ1) is 30.5. The molecule has 0 heterocycles. The quantitative estimate of drug-likeness (QED) is 0.151. The van der Waals surface area contributed by atoms with Crippen molar-refractivity contribution in [2.45, 2.75) is 49.2 Å². The predicted octanol–water partition coefficient (Wildman–Crippen LogP) is 6.01. The summed E-state index contributed by atoms with van der Waals surface area (Å²) in [4.78, 5) is 0. The van der Waals surface area contributed by atoms with E-state index in [4.69, 9.17) is 4.74 Å². The maximum absolute atomic E-state index is 13.9. The van der Waals surface area contributed by atoms with Crippen molar-refractivity contribution in [1.82, 2.24) is 0 Å². The van der Waals surface area contributed by atoms with E-state index in [0.29, 0.717) is 17.2 Å². The van der Waals surface area contributed by atoms with E-state index in [2.05, 4.69) is 24.1 Å². The molecule has 1 atom stereocenters. The van der Waals surface area contributed by atoms with Gasteiger partial charge in [-0.1, -0.05) is 50.2 Å². The summed E-state index contributed by atoms with van der Waals surface area (Å²) in [5, 5.41) is -11.9. The summed E-state index contributed by atoms with van der Waals surface area (Å²) in [5.74, 6) is -7.27. The van der Waals surface area contributed by atoms with Gasteiger partial charge in [-0.25, -0.2) is 8.42 Å². The number of alkyl halides is 6. The van der Waals surface area contributed by atoms with Crippen LogP contribution in [0.4, 0.5) is 26.3 Å². The molecule has 0 saturated carbocycles. The van der Waals surface area contributed by atoms with Gasteiger partial charge in [-0.2, -0.15) is 34.8 Å². The van der Waals surface area contributed by atoms with Crippen LogP contribution in [0.2, 0.25) is 0 Å². The van der Waals surface area contributed by atoms with Crippen LogP contribution < -0.4 is 8.92 Å². The summed E-state index contributed by atoms with van der Waals surface area (Å²) >= 11 is 0. The minimum absolute atomic E-state index is 0.0920. The number of hydrogen-bond acceptors (Lipinski definition) is 7. The second-order valence-electron chi connectivity index (χ2n) is 8.61. The zero-order valence-corrected chi connectivity index (χ0v) is 21.8. The smallest absolute Gasteiger partial charge is 0.450 e. The number of ether oxygens (including phenoxy) is 1. The summed E-state index contributed by atoms with van der Waals surface area (Å²) in [6.07, 6.45) is 0.985. The summed E-state index contributed by atoms with van der Waals surface area (Å²) in [7, 11) is -14.3. The van der Waals surface area contributed by atoms with Crippen molar-refractivity contribution >= 4 is 31.0 Å². The highest BCUT2D eigenvalue weighted by molar-refractivity contribution is 7.88. The van der Waals surface area contributed by atoms with Gasteiger partial charge < -0.3 is 13.5 Å². The molecule has 3 aromatic carbocycles. The van der Waals surface area contributed by atoms with Crippen LogP contribution in [0.15, 0.2) is 60.7 Å². The minimum Gasteiger partial charge on any atom is -0.743 e. The fourth-order valence-corrected chi connectivity index (χ4v) is 4.76. The first-order valence-electron chi connectivity index (χ1n) is 11.1. The van der Waals surface area contributed by atoms with Gasteiger partial charge in [0.25, 0.3) is 0 Å². The van der Waals surface area contributed by atoms with Crippen molar-refractivity contribution in [3.8, 4) is 11.5 Å². The van der Waals surface area contributed by atoms with E-state index in [1.165, 1.54) is 5.56 Å². The van der Waals surface area contributed by atoms with Crippen LogP contribution in [-0.4, -0.2) is 37.8 Å². The van der Waals surface area contributed by atoms with Crippen LogP contribution in [-0.2, 0) is 26.8 Å². The Bertz CT molecular complexity index is 1560. The molecule has 0 saturated heterocycles. The third-order valence-corrected chi connectivity index (χ3v) is 8.09. The zero-order valence-electron chi connectivity index (χ0n) is 20.2. The maximum atomic E-state index is 13.9. The lowest BCUT2D eigenvalue weighted by molar-refractivity contribution is -0.247. The van der Waals surface area contributed by atoms with Crippen LogP contribution in [0.5, 0.6) is 11.5 Å². The second-order valence-corrected chi connectivity index (χ2v) is 11.6. The first-order chi connectivity index (χ1) is 17.8. The van der Waals surface area contributed by atoms with Crippen LogP contribution in [0.1, 0.15) is 37.3 Å². The molecule has 0 aliphatic heterocycles. The fraction of sp³-hybridized carbons (Fsp3) is 0.333. The first-order valence-corrected chi connectivity index (χ1v) is 13.9. The minimum atomic E-state index is -7.38. The topological polar surface area (TPSA) is 110 Å². The van der Waals surface area contributed by atoms with Crippen LogP contribution in [0.3, 0.4) is 0 Å². The van der Waals surface area contributed by atoms with E-state index < -0.39 is 42.4 Å². The highest BCUT2D eigenvalue weighted by Gasteiger charge is 2.81. The lowest BCUT2D eigenvalue weighted by atomic mass is 9.96. The molecule has 0 N–H and O–H groups in total. The highest BCUT2D eigenvalue weighted by Crippen LogP contribution is 2.50. The largest absolute Gasteiger partial charge is 0.743 e. The van der Waals surface area contributed by atoms with E-state index in [-0.39, 0.29) is 6.61 Å². The van der Waals surface area contributed by atoms with Crippen LogP contribution in [0.25, 0.3) is 10.8 Å². The second kappa shape index (κ2) is 10.5. The van der Waals surface area contributed by atoms with Crippen molar-refractivity contribution in [3.05, 3.63) is 71.8 Å². The molecule has 1 unspecified atom stereocenters. The molecule has 3 rings (SSSR count). The normalized spacial score (nSPS) is 14.3. The van der Waals surface area contributed by atoms with Crippen LogP contribution in [0, 0.1) is 0 Å². The van der Waals surface area contributed by atoms with E-state index in [9.17, 15) is 47.7 Å². The Morgan fingerprint density at radius 1 is 0.795 bits per heavy atom. The maximum Gasteiger partial charge on any atom is 0.450 e. The van der Waals surface area contributed by atoms with Crippen molar-refractivity contribution in [2.24, 2.45) is 0 Å². The van der Waals surface area contributed by atoms with Crippen molar-refractivity contribution in [1.29, 1.82) is 0 Å². The lowest BCUT2D eigenvalue weighted by Crippen LogP contribution is -2.61. The molecule has 3 aromatic rings. The van der Waals surface area contributed by atoms with E-state index >= 15 is 0 Å². The van der Waals surface area contributed by atoms with Crippen molar-refractivity contribution in [2.75, 3.05) is 0 Å². The third kappa shape index (κ3) is 5.79. The van der Waals surface area contributed by atoms with E-state index in [0.717, 1.165) is 41.5 Å². The Labute approximate surface area is 220 Å². The van der Waals surface area contributed by atoms with Gasteiger partial charge in [0.15, 0.2) is 10.1 Å². The molecule has 39 heavy (non-hydrogen) atoms. The molecule has 0 radical (unpaired) electrons. The molecule has 0 amide bonds. The molecule has 0 aliphatic rings. The Hall–Kier alpha value is -3.04. The fourth-order valence-electron chi connectivity index (χ4n) is 3.34. The van der Waals surface area contributed by atoms with E-state index in [1.54, 1.807) is 12.1 Å². The molecule has 15 heteroatoms. The SMILES string of the molecule is CCC(C)c1ccc2cc(OCc3ccc(OS(=O)(=O)C(F)(F)C(F)(F)C(F)(F)S(=O)(=O)[O-])cc3)ccc2c1. The predicted molar refractivity (Wildman–Crippen MR) is 128 cm³/mol. The average molecular weight is 600 g/mol. The van der Waals surface area contributed by atoms with Gasteiger partial charge in [-0.15, -0.1) is 0 Å². The summed E-state index contributed by atoms with van der Waals surface area (Å²) in [6.45, 7) is 4.11. The summed E-state index contributed by atoms with van der Waals surface area (Å²) in [6, 6.07) is 15.1. The van der Waals surface area contributed by atoms with Gasteiger partial charge in [0.1, 0.15) is 18.1 Å². The standard InChI is InChI=1S/C24H22F6O7S2/c1-3-15(2)17-6-7-19-13-21(11-8-18(19)12-17)36-14-16-4-9-20(10-5-16)37-39(34,35)24(29,30)22(25,26)23(27,28)38(31,32)33/h4-13,15H,3,14H2,1-2H3,(H,31,32,33)/p-1. The van der Waals surface area contributed by atoms with Crippen LogP contribution >= 0.6 is 0 Å². The number of fused-ring (bicyclic) bond motifs is 1. The molecule has 7 nitrogen and oxygen atoms in total. The molecule has 214 valence electrons. The number of halogens is 6. The molecule has 0 aromatic heterocycles. The molecule has 0 fully saturated rings. The lowest BCUT2D eigenvalue weighted by Gasteiger charge is -2.32. The monoisotopic (exact) mass is 599 g/mol. The summed E-state index contributed by atoms with van der Waals surface area (Å²) in [5.41, 5.74) is 1.54. The molecule has 0 bridgehead atoms. The average Bonchev–Trinajstić information content (AvgIpc) is 2.86. The Morgan fingerprint density at radius 3 is 1.90 bits per heavy atom. The Balaban J connectivity index is 1.71. The Morgan fingerprint density at radius 2 is 1.33 bits per heavy atom. The zero-order chi connectivity index (χ0) is 29.4. The van der Waals surface area contributed by atoms with Gasteiger partial charge in [-0.05, 0) is 58.5 Å². The highest BCUT2D eigenvalue weighted by atomic mass is 32.2. The molecule has 0 aliphatic carbocycles. The Kier molecular flexibility index (Phi) is 8.21. The van der Waals surface area contributed by atoms with E-state index in [1.807, 2.05) is 18.2 Å². The number of benzene rings is 3. The third-order valence-electron chi connectivity index (χ3n) is 5.91. The van der Waals surface area contributed by atoms with Crippen molar-refractivity contribution in [3.63, 3.8) is 0 Å². The van der Waals surface area contributed by atoms with Gasteiger partial charge in [-0.3, -0.25) is 0 Å². The number of hydrogen-bond donors (Lipinski definition) is 0. The molecule has 0 spiro atoms. The van der Waals surface area contributed by atoms with Gasteiger partial charge in [0.2, 0.25) is 0 Å². The van der Waals surface area contributed by atoms with Gasteiger partial charge >= 0.3 is 26.5 Å². The number of rotatable bonds is 11. The van der Waals surface area contributed by atoms with Gasteiger partial charge in [0.05, 0.1) is 0 Å².